The highest BCUT2D eigenvalue weighted by Gasteiger charge is 2.13. The third kappa shape index (κ3) is 2.07. The zero-order valence-electron chi connectivity index (χ0n) is 11.4. The van der Waals surface area contributed by atoms with Crippen molar-refractivity contribution in [1.82, 2.24) is 9.13 Å². The van der Waals surface area contributed by atoms with E-state index < -0.39 is 11.2 Å². The average Bonchev–Trinajstić information content (AvgIpc) is 3.02. The van der Waals surface area contributed by atoms with Gasteiger partial charge in [-0.3, -0.25) is 9.59 Å². The zero-order chi connectivity index (χ0) is 15.0. The van der Waals surface area contributed by atoms with Crippen molar-refractivity contribution in [2.24, 2.45) is 0 Å². The molecule has 0 saturated heterocycles. The Labute approximate surface area is 120 Å². The molecule has 21 heavy (non-hydrogen) atoms. The van der Waals surface area contributed by atoms with Gasteiger partial charge in [-0.1, -0.05) is 0 Å². The topological polar surface area (TPSA) is 44.0 Å². The smallest absolute Gasteiger partial charge is 0.199 e. The summed E-state index contributed by atoms with van der Waals surface area (Å²) in [6, 6.07) is 6.42. The van der Waals surface area contributed by atoms with E-state index in [-0.39, 0.29) is 10.9 Å². The van der Waals surface area contributed by atoms with E-state index in [0.29, 0.717) is 24.0 Å². The van der Waals surface area contributed by atoms with Gasteiger partial charge < -0.3 is 9.13 Å². The highest BCUT2D eigenvalue weighted by Crippen LogP contribution is 2.21. The van der Waals surface area contributed by atoms with E-state index in [1.165, 1.54) is 12.3 Å². The second kappa shape index (κ2) is 5.01. The summed E-state index contributed by atoms with van der Waals surface area (Å²) in [7, 11) is 0. The van der Waals surface area contributed by atoms with Crippen LogP contribution in [0.5, 0.6) is 0 Å². The van der Waals surface area contributed by atoms with Crippen LogP contribution in [0.3, 0.4) is 0 Å². The number of aromatic nitrogens is 2. The Kier molecular flexibility index (Phi) is 3.17. The second-order valence-electron chi connectivity index (χ2n) is 4.73. The molecule has 3 rings (SSSR count). The van der Waals surface area contributed by atoms with Crippen molar-refractivity contribution in [3.63, 3.8) is 0 Å². The number of benzene rings is 1. The van der Waals surface area contributed by atoms with Gasteiger partial charge >= 0.3 is 0 Å². The largest absolute Gasteiger partial charge is 0.347 e. The number of hydrogen-bond donors (Lipinski definition) is 0. The fraction of sp³-hybridized carbons (Fsp3) is 0.125. The first-order chi connectivity index (χ1) is 10.2. The van der Waals surface area contributed by atoms with Crippen LogP contribution in [0.25, 0.3) is 16.6 Å². The average molecular weight is 284 g/mol. The molecule has 0 aliphatic rings. The fourth-order valence-corrected chi connectivity index (χ4v) is 2.46. The number of carbonyl (C=O) groups is 1. The summed E-state index contributed by atoms with van der Waals surface area (Å²) in [6.07, 6.45) is 5.48. The fourth-order valence-electron chi connectivity index (χ4n) is 2.46. The van der Waals surface area contributed by atoms with Crippen molar-refractivity contribution < 1.29 is 9.18 Å². The number of nitrogens with zero attached hydrogens (tertiary/aromatic N) is 2. The Morgan fingerprint density at radius 1 is 1.24 bits per heavy atom. The first kappa shape index (κ1) is 13.3. The molecule has 0 N–H and O–H groups in total. The van der Waals surface area contributed by atoms with Crippen molar-refractivity contribution in [3.05, 3.63) is 64.5 Å². The van der Waals surface area contributed by atoms with Crippen LogP contribution in [-0.4, -0.2) is 15.4 Å². The minimum Gasteiger partial charge on any atom is -0.347 e. The summed E-state index contributed by atoms with van der Waals surface area (Å²) < 4.78 is 17.7. The maximum atomic E-state index is 14.3. The molecule has 0 spiro atoms. The van der Waals surface area contributed by atoms with Crippen LogP contribution in [0.2, 0.25) is 0 Å². The lowest BCUT2D eigenvalue weighted by Crippen LogP contribution is -2.15. The van der Waals surface area contributed by atoms with E-state index in [2.05, 4.69) is 0 Å². The normalized spacial score (nSPS) is 11.0. The van der Waals surface area contributed by atoms with E-state index in [0.717, 1.165) is 0 Å². The Hall–Kier alpha value is -2.69. The Morgan fingerprint density at radius 3 is 2.57 bits per heavy atom. The van der Waals surface area contributed by atoms with E-state index in [1.807, 2.05) is 6.92 Å². The molecule has 3 aromatic rings. The quantitative estimate of drug-likeness (QED) is 0.694. The molecule has 0 bridgehead atoms. The predicted molar refractivity (Wildman–Crippen MR) is 78.6 cm³/mol. The first-order valence-corrected chi connectivity index (χ1v) is 6.61. The summed E-state index contributed by atoms with van der Waals surface area (Å²) in [6.45, 7) is 2.48. The van der Waals surface area contributed by atoms with Crippen LogP contribution in [0.15, 0.2) is 47.7 Å². The summed E-state index contributed by atoms with van der Waals surface area (Å²) in [4.78, 5) is 23.1. The molecule has 0 fully saturated rings. The molecule has 1 aromatic carbocycles. The van der Waals surface area contributed by atoms with Gasteiger partial charge in [0.15, 0.2) is 11.7 Å². The zero-order valence-corrected chi connectivity index (χ0v) is 11.4. The van der Waals surface area contributed by atoms with Gasteiger partial charge in [0.05, 0.1) is 16.8 Å². The van der Waals surface area contributed by atoms with Crippen molar-refractivity contribution in [1.29, 1.82) is 0 Å². The van der Waals surface area contributed by atoms with E-state index >= 15 is 0 Å². The highest BCUT2D eigenvalue weighted by atomic mass is 19.1. The number of carbonyl (C=O) groups excluding carboxylic acids is 1. The first-order valence-electron chi connectivity index (χ1n) is 6.61. The van der Waals surface area contributed by atoms with Crippen LogP contribution < -0.4 is 5.43 Å². The molecule has 0 aliphatic heterocycles. The van der Waals surface area contributed by atoms with E-state index in [4.69, 9.17) is 0 Å². The standard InChI is InChI=1S/C16H13FN2O2/c1-2-18-9-11(10-20)16(21)12-7-13(17)15(8-14(12)18)19-5-3-4-6-19/h3-10H,2H2,1H3. The van der Waals surface area contributed by atoms with Crippen molar-refractivity contribution >= 4 is 17.2 Å². The van der Waals surface area contributed by atoms with Gasteiger partial charge in [0, 0.05) is 30.5 Å². The van der Waals surface area contributed by atoms with Gasteiger partial charge in [-0.25, -0.2) is 4.39 Å². The molecular formula is C16H13FN2O2. The van der Waals surface area contributed by atoms with Crippen LogP contribution in [-0.2, 0) is 6.54 Å². The number of halogens is 1. The number of fused-ring (bicyclic) bond motifs is 1. The molecule has 0 radical (unpaired) electrons. The number of aryl methyl sites for hydroxylation is 1. The number of rotatable bonds is 3. The molecule has 0 saturated carbocycles. The van der Waals surface area contributed by atoms with Gasteiger partial charge in [0.25, 0.3) is 0 Å². The summed E-state index contributed by atoms with van der Waals surface area (Å²) in [5.41, 5.74) is 0.575. The number of aldehydes is 1. The third-order valence-corrected chi connectivity index (χ3v) is 3.53. The van der Waals surface area contributed by atoms with Crippen LogP contribution >= 0.6 is 0 Å². The second-order valence-corrected chi connectivity index (χ2v) is 4.73. The Bertz CT molecular complexity index is 879. The van der Waals surface area contributed by atoms with E-state index in [1.54, 1.807) is 39.7 Å². The minimum atomic E-state index is -0.499. The van der Waals surface area contributed by atoms with Crippen molar-refractivity contribution in [3.8, 4) is 5.69 Å². The maximum Gasteiger partial charge on any atom is 0.199 e. The lowest BCUT2D eigenvalue weighted by atomic mass is 10.1. The lowest BCUT2D eigenvalue weighted by Gasteiger charge is -2.12. The SMILES string of the molecule is CCn1cc(C=O)c(=O)c2cc(F)c(-n3cccc3)cc21. The predicted octanol–water partition coefficient (Wildman–Crippen LogP) is 2.76. The Morgan fingerprint density at radius 2 is 1.95 bits per heavy atom. The van der Waals surface area contributed by atoms with Gasteiger partial charge in [0.2, 0.25) is 0 Å². The molecule has 2 heterocycles. The van der Waals surface area contributed by atoms with Gasteiger partial charge in [-0.2, -0.15) is 0 Å². The molecule has 0 aliphatic carbocycles. The molecule has 0 atom stereocenters. The summed E-state index contributed by atoms with van der Waals surface area (Å²) in [5.74, 6) is -0.499. The molecule has 5 heteroatoms. The molecular weight excluding hydrogens is 271 g/mol. The number of hydrogen-bond acceptors (Lipinski definition) is 2. The molecule has 106 valence electrons. The lowest BCUT2D eigenvalue weighted by molar-refractivity contribution is 0.112. The van der Waals surface area contributed by atoms with E-state index in [9.17, 15) is 14.0 Å². The monoisotopic (exact) mass is 284 g/mol. The minimum absolute atomic E-state index is 0.0393. The third-order valence-electron chi connectivity index (χ3n) is 3.53. The highest BCUT2D eigenvalue weighted by molar-refractivity contribution is 5.87. The van der Waals surface area contributed by atoms with Gasteiger partial charge in [-0.15, -0.1) is 0 Å². The maximum absolute atomic E-state index is 14.3. The molecule has 0 unspecified atom stereocenters. The molecule has 2 aromatic heterocycles. The van der Waals surface area contributed by atoms with Crippen LogP contribution in [0, 0.1) is 5.82 Å². The van der Waals surface area contributed by atoms with Crippen LogP contribution in [0.1, 0.15) is 17.3 Å². The van der Waals surface area contributed by atoms with Gasteiger partial charge in [0.1, 0.15) is 5.82 Å². The Balaban J connectivity index is 2.41. The molecule has 0 amide bonds. The summed E-state index contributed by atoms with van der Waals surface area (Å²) in [5, 5.41) is 0.217. The number of pyridine rings is 1. The van der Waals surface area contributed by atoms with Crippen LogP contribution in [0.4, 0.5) is 4.39 Å². The molecule has 4 nitrogen and oxygen atoms in total. The van der Waals surface area contributed by atoms with Crippen molar-refractivity contribution in [2.75, 3.05) is 0 Å². The van der Waals surface area contributed by atoms with Gasteiger partial charge in [-0.05, 0) is 31.2 Å². The van der Waals surface area contributed by atoms with Crippen molar-refractivity contribution in [2.45, 2.75) is 13.5 Å². The summed E-state index contributed by atoms with van der Waals surface area (Å²) >= 11 is 0.